The highest BCUT2D eigenvalue weighted by atomic mass is 16.3. The first-order chi connectivity index (χ1) is 9.80. The molecule has 20 heavy (non-hydrogen) atoms. The molecular weight excluding hydrogens is 254 g/mol. The lowest BCUT2D eigenvalue weighted by Gasteiger charge is -2.35. The van der Waals surface area contributed by atoms with E-state index in [0.717, 1.165) is 50.2 Å². The standard InChI is InChI=1S/C14H23N5O/c1-15-12-10-13(17-14(16-12)11-2-3-11)19-6-4-18(5-7-19)8-9-20/h10-11,20H,2-9H2,1H3,(H,15,16,17). The van der Waals surface area contributed by atoms with Crippen LogP contribution in [0.5, 0.6) is 0 Å². The smallest absolute Gasteiger partial charge is 0.136 e. The van der Waals surface area contributed by atoms with Gasteiger partial charge in [-0.05, 0) is 12.8 Å². The van der Waals surface area contributed by atoms with Crippen molar-refractivity contribution in [2.45, 2.75) is 18.8 Å². The van der Waals surface area contributed by atoms with Crippen molar-refractivity contribution in [3.63, 3.8) is 0 Å². The molecule has 1 aliphatic heterocycles. The molecule has 0 atom stereocenters. The summed E-state index contributed by atoms with van der Waals surface area (Å²) in [6.07, 6.45) is 2.44. The number of anilines is 2. The van der Waals surface area contributed by atoms with Crippen molar-refractivity contribution in [1.29, 1.82) is 0 Å². The fourth-order valence-electron chi connectivity index (χ4n) is 2.61. The fourth-order valence-corrected chi connectivity index (χ4v) is 2.61. The topological polar surface area (TPSA) is 64.5 Å². The second kappa shape index (κ2) is 5.93. The quantitative estimate of drug-likeness (QED) is 0.817. The summed E-state index contributed by atoms with van der Waals surface area (Å²) in [4.78, 5) is 13.9. The van der Waals surface area contributed by atoms with Crippen molar-refractivity contribution < 1.29 is 5.11 Å². The van der Waals surface area contributed by atoms with Crippen LogP contribution in [-0.4, -0.2) is 66.4 Å². The fraction of sp³-hybridized carbons (Fsp3) is 0.714. The monoisotopic (exact) mass is 277 g/mol. The van der Waals surface area contributed by atoms with Crippen molar-refractivity contribution >= 4 is 11.6 Å². The molecule has 2 heterocycles. The summed E-state index contributed by atoms with van der Waals surface area (Å²) in [6, 6.07) is 2.04. The molecule has 1 saturated carbocycles. The summed E-state index contributed by atoms with van der Waals surface area (Å²) in [5, 5.41) is 12.1. The predicted molar refractivity (Wildman–Crippen MR) is 79.3 cm³/mol. The molecular formula is C14H23N5O. The molecule has 0 aromatic carbocycles. The van der Waals surface area contributed by atoms with Crippen LogP contribution in [0.4, 0.5) is 11.6 Å². The summed E-state index contributed by atoms with van der Waals surface area (Å²) >= 11 is 0. The molecule has 1 aliphatic carbocycles. The van der Waals surface area contributed by atoms with Gasteiger partial charge in [-0.3, -0.25) is 4.90 Å². The van der Waals surface area contributed by atoms with Gasteiger partial charge in [-0.2, -0.15) is 0 Å². The number of aliphatic hydroxyl groups is 1. The Labute approximate surface area is 119 Å². The predicted octanol–water partition coefficient (Wildman–Crippen LogP) is 0.510. The molecule has 2 aliphatic rings. The molecule has 2 fully saturated rings. The molecule has 6 heteroatoms. The second-order valence-corrected chi connectivity index (χ2v) is 5.55. The van der Waals surface area contributed by atoms with Gasteiger partial charge < -0.3 is 15.3 Å². The zero-order valence-corrected chi connectivity index (χ0v) is 12.0. The number of piperazine rings is 1. The molecule has 0 unspecified atom stereocenters. The highest BCUT2D eigenvalue weighted by Crippen LogP contribution is 2.39. The van der Waals surface area contributed by atoms with Gasteiger partial charge in [0.25, 0.3) is 0 Å². The van der Waals surface area contributed by atoms with Crippen molar-refractivity contribution in [2.75, 3.05) is 56.6 Å². The second-order valence-electron chi connectivity index (χ2n) is 5.55. The third-order valence-corrected chi connectivity index (χ3v) is 4.04. The molecule has 0 bridgehead atoms. The largest absolute Gasteiger partial charge is 0.395 e. The molecule has 0 radical (unpaired) electrons. The van der Waals surface area contributed by atoms with E-state index in [1.807, 2.05) is 13.1 Å². The van der Waals surface area contributed by atoms with Crippen LogP contribution < -0.4 is 10.2 Å². The third kappa shape index (κ3) is 3.02. The Morgan fingerprint density at radius 1 is 1.25 bits per heavy atom. The summed E-state index contributed by atoms with van der Waals surface area (Å²) in [6.45, 7) is 4.90. The maximum absolute atomic E-state index is 8.99. The Kier molecular flexibility index (Phi) is 4.03. The van der Waals surface area contributed by atoms with Crippen molar-refractivity contribution in [1.82, 2.24) is 14.9 Å². The first-order valence-corrected chi connectivity index (χ1v) is 7.45. The van der Waals surface area contributed by atoms with E-state index in [4.69, 9.17) is 10.1 Å². The number of rotatable bonds is 5. The first kappa shape index (κ1) is 13.6. The number of nitrogens with one attached hydrogen (secondary N) is 1. The summed E-state index contributed by atoms with van der Waals surface area (Å²) < 4.78 is 0. The van der Waals surface area contributed by atoms with E-state index in [9.17, 15) is 0 Å². The van der Waals surface area contributed by atoms with E-state index >= 15 is 0 Å². The van der Waals surface area contributed by atoms with Gasteiger partial charge in [-0.1, -0.05) is 0 Å². The minimum atomic E-state index is 0.239. The van der Waals surface area contributed by atoms with Gasteiger partial charge in [0.1, 0.15) is 17.5 Å². The normalized spacial score (nSPS) is 20.2. The Morgan fingerprint density at radius 3 is 2.60 bits per heavy atom. The molecule has 1 saturated heterocycles. The van der Waals surface area contributed by atoms with Gasteiger partial charge in [0, 0.05) is 51.8 Å². The molecule has 2 N–H and O–H groups in total. The Balaban J connectivity index is 1.71. The number of aliphatic hydroxyl groups excluding tert-OH is 1. The maximum atomic E-state index is 8.99. The van der Waals surface area contributed by atoms with Crippen molar-refractivity contribution in [2.24, 2.45) is 0 Å². The van der Waals surface area contributed by atoms with E-state index in [-0.39, 0.29) is 6.61 Å². The lowest BCUT2D eigenvalue weighted by atomic mass is 10.3. The number of nitrogens with zero attached hydrogens (tertiary/aromatic N) is 4. The van der Waals surface area contributed by atoms with Crippen LogP contribution in [0, 0.1) is 0 Å². The summed E-state index contributed by atoms with van der Waals surface area (Å²) in [5.41, 5.74) is 0. The van der Waals surface area contributed by atoms with E-state index in [1.54, 1.807) is 0 Å². The summed E-state index contributed by atoms with van der Waals surface area (Å²) in [7, 11) is 1.90. The Hall–Kier alpha value is -1.40. The van der Waals surface area contributed by atoms with Crippen LogP contribution in [0.3, 0.4) is 0 Å². The van der Waals surface area contributed by atoms with Crippen LogP contribution >= 0.6 is 0 Å². The average molecular weight is 277 g/mol. The number of β-amino-alcohol motifs (C(OH)–C–C–N with tert-alkyl or cyclic N) is 1. The molecule has 0 amide bonds. The van der Waals surface area contributed by atoms with Crippen molar-refractivity contribution in [3.05, 3.63) is 11.9 Å². The minimum Gasteiger partial charge on any atom is -0.395 e. The van der Waals surface area contributed by atoms with Gasteiger partial charge in [-0.15, -0.1) is 0 Å². The van der Waals surface area contributed by atoms with Gasteiger partial charge in [0.15, 0.2) is 0 Å². The summed E-state index contributed by atoms with van der Waals surface area (Å²) in [5.74, 6) is 3.51. The molecule has 3 rings (SSSR count). The van der Waals surface area contributed by atoms with Gasteiger partial charge in [0.2, 0.25) is 0 Å². The SMILES string of the molecule is CNc1cc(N2CCN(CCO)CC2)nc(C2CC2)n1. The van der Waals surface area contributed by atoms with E-state index in [1.165, 1.54) is 12.8 Å². The molecule has 0 spiro atoms. The van der Waals surface area contributed by atoms with E-state index in [2.05, 4.69) is 20.1 Å². The van der Waals surface area contributed by atoms with E-state index < -0.39 is 0 Å². The Bertz CT molecular complexity index is 455. The van der Waals surface area contributed by atoms with E-state index in [0.29, 0.717) is 5.92 Å². The number of hydrogen-bond donors (Lipinski definition) is 2. The number of aromatic nitrogens is 2. The van der Waals surface area contributed by atoms with Crippen LogP contribution in [0.2, 0.25) is 0 Å². The van der Waals surface area contributed by atoms with Crippen LogP contribution in [-0.2, 0) is 0 Å². The van der Waals surface area contributed by atoms with Crippen LogP contribution in [0.15, 0.2) is 6.07 Å². The number of hydrogen-bond acceptors (Lipinski definition) is 6. The zero-order valence-electron chi connectivity index (χ0n) is 12.0. The van der Waals surface area contributed by atoms with Gasteiger partial charge in [-0.25, -0.2) is 9.97 Å². The first-order valence-electron chi connectivity index (χ1n) is 7.45. The maximum Gasteiger partial charge on any atom is 0.136 e. The molecule has 1 aromatic heterocycles. The molecule has 110 valence electrons. The van der Waals surface area contributed by atoms with Gasteiger partial charge in [0.05, 0.1) is 6.61 Å². The van der Waals surface area contributed by atoms with Crippen LogP contribution in [0.25, 0.3) is 0 Å². The average Bonchev–Trinajstić information content (AvgIpc) is 3.32. The van der Waals surface area contributed by atoms with Gasteiger partial charge >= 0.3 is 0 Å². The highest BCUT2D eigenvalue weighted by molar-refractivity contribution is 5.50. The highest BCUT2D eigenvalue weighted by Gasteiger charge is 2.28. The molecule has 1 aromatic rings. The van der Waals surface area contributed by atoms with Crippen LogP contribution in [0.1, 0.15) is 24.6 Å². The zero-order chi connectivity index (χ0) is 13.9. The lowest BCUT2D eigenvalue weighted by molar-refractivity contribution is 0.188. The third-order valence-electron chi connectivity index (χ3n) is 4.04. The minimum absolute atomic E-state index is 0.239. The van der Waals surface area contributed by atoms with Crippen molar-refractivity contribution in [3.8, 4) is 0 Å². The lowest BCUT2D eigenvalue weighted by Crippen LogP contribution is -2.47. The molecule has 6 nitrogen and oxygen atoms in total. The Morgan fingerprint density at radius 2 is 2.00 bits per heavy atom.